The number of thiophene rings is 1. The first-order valence-corrected chi connectivity index (χ1v) is 9.44. The third-order valence-corrected chi connectivity index (χ3v) is 5.54. The zero-order valence-electron chi connectivity index (χ0n) is 14.2. The maximum absolute atomic E-state index is 10.8. The van der Waals surface area contributed by atoms with Crippen LogP contribution in [0, 0.1) is 10.1 Å². The number of nitro benzene ring substituents is 1. The molecule has 0 amide bonds. The number of rotatable bonds is 5. The van der Waals surface area contributed by atoms with E-state index in [1.54, 1.807) is 23.5 Å². The van der Waals surface area contributed by atoms with Crippen LogP contribution in [-0.4, -0.2) is 26.6 Å². The van der Waals surface area contributed by atoms with E-state index in [-0.39, 0.29) is 11.7 Å². The van der Waals surface area contributed by atoms with Crippen molar-refractivity contribution in [1.29, 1.82) is 0 Å². The molecule has 2 unspecified atom stereocenters. The molecule has 0 bridgehead atoms. The highest BCUT2D eigenvalue weighted by atomic mass is 32.1. The van der Waals surface area contributed by atoms with Gasteiger partial charge in [-0.2, -0.15) is 11.3 Å². The van der Waals surface area contributed by atoms with Crippen molar-refractivity contribution in [2.45, 2.75) is 31.8 Å². The highest BCUT2D eigenvalue weighted by Crippen LogP contribution is 2.39. The van der Waals surface area contributed by atoms with E-state index < -0.39 is 4.92 Å². The Labute approximate surface area is 154 Å². The summed E-state index contributed by atoms with van der Waals surface area (Å²) in [6.45, 7) is 3.08. The number of aromatic nitrogens is 2. The highest BCUT2D eigenvalue weighted by Gasteiger charge is 2.33. The van der Waals surface area contributed by atoms with Crippen LogP contribution in [0.4, 0.5) is 5.69 Å². The van der Waals surface area contributed by atoms with Crippen molar-refractivity contribution in [2.75, 3.05) is 6.54 Å². The van der Waals surface area contributed by atoms with Crippen molar-refractivity contribution in [3.05, 3.63) is 62.7 Å². The lowest BCUT2D eigenvalue weighted by Gasteiger charge is -2.28. The summed E-state index contributed by atoms with van der Waals surface area (Å²) >= 11 is 1.71. The lowest BCUT2D eigenvalue weighted by atomic mass is 10.1. The molecule has 1 saturated heterocycles. The van der Waals surface area contributed by atoms with Crippen LogP contribution in [0.5, 0.6) is 0 Å². The molecule has 2 atom stereocenters. The molecule has 2 aromatic heterocycles. The van der Waals surface area contributed by atoms with Gasteiger partial charge in [-0.15, -0.1) is 10.2 Å². The average Bonchev–Trinajstić information content (AvgIpc) is 3.41. The molecule has 0 saturated carbocycles. The van der Waals surface area contributed by atoms with E-state index >= 15 is 0 Å². The zero-order valence-corrected chi connectivity index (χ0v) is 15.1. The van der Waals surface area contributed by atoms with Gasteiger partial charge < -0.3 is 4.42 Å². The molecular weight excluding hydrogens is 352 g/mol. The van der Waals surface area contributed by atoms with Crippen molar-refractivity contribution in [3.63, 3.8) is 0 Å². The summed E-state index contributed by atoms with van der Waals surface area (Å²) in [5.41, 5.74) is 2.06. The summed E-state index contributed by atoms with van der Waals surface area (Å²) in [7, 11) is 0. The van der Waals surface area contributed by atoms with E-state index in [9.17, 15) is 10.1 Å². The average molecular weight is 370 g/mol. The second-order valence-electron chi connectivity index (χ2n) is 6.38. The maximum atomic E-state index is 10.8. The van der Waals surface area contributed by atoms with Gasteiger partial charge in [0, 0.05) is 23.7 Å². The van der Waals surface area contributed by atoms with Crippen molar-refractivity contribution in [1.82, 2.24) is 15.1 Å². The van der Waals surface area contributed by atoms with Crippen LogP contribution < -0.4 is 0 Å². The number of nitro groups is 1. The molecule has 0 radical (unpaired) electrons. The second kappa shape index (κ2) is 6.97. The Morgan fingerprint density at radius 1 is 1.31 bits per heavy atom. The van der Waals surface area contributed by atoms with Gasteiger partial charge in [0.05, 0.1) is 11.0 Å². The Hall–Kier alpha value is -2.58. The Kier molecular flexibility index (Phi) is 4.52. The molecule has 1 aliphatic rings. The number of hydrogen-bond donors (Lipinski definition) is 0. The fourth-order valence-electron chi connectivity index (χ4n) is 3.46. The Balaban J connectivity index is 1.54. The zero-order chi connectivity index (χ0) is 18.1. The predicted molar refractivity (Wildman–Crippen MR) is 97.8 cm³/mol. The molecule has 1 aliphatic heterocycles. The molecule has 1 aromatic carbocycles. The number of hydrogen-bond acceptors (Lipinski definition) is 7. The van der Waals surface area contributed by atoms with Gasteiger partial charge in [-0.3, -0.25) is 15.0 Å². The van der Waals surface area contributed by atoms with Gasteiger partial charge >= 0.3 is 0 Å². The Morgan fingerprint density at radius 3 is 2.81 bits per heavy atom. The van der Waals surface area contributed by atoms with Crippen LogP contribution in [0.3, 0.4) is 0 Å². The lowest BCUT2D eigenvalue weighted by molar-refractivity contribution is -0.384. The molecule has 0 N–H and O–H groups in total. The molecule has 8 heteroatoms. The van der Waals surface area contributed by atoms with Crippen molar-refractivity contribution >= 4 is 17.0 Å². The van der Waals surface area contributed by atoms with E-state index in [4.69, 9.17) is 4.42 Å². The fourth-order valence-corrected chi connectivity index (χ4v) is 4.17. The fraction of sp³-hybridized carbons (Fsp3) is 0.333. The van der Waals surface area contributed by atoms with E-state index in [1.165, 1.54) is 17.7 Å². The van der Waals surface area contributed by atoms with Gasteiger partial charge in [0.25, 0.3) is 5.69 Å². The normalized spacial score (nSPS) is 18.9. The van der Waals surface area contributed by atoms with E-state index in [0.29, 0.717) is 23.4 Å². The summed E-state index contributed by atoms with van der Waals surface area (Å²) < 4.78 is 5.88. The minimum atomic E-state index is -0.428. The first-order valence-electron chi connectivity index (χ1n) is 8.49. The van der Waals surface area contributed by atoms with E-state index in [1.807, 2.05) is 0 Å². The van der Waals surface area contributed by atoms with Gasteiger partial charge in [-0.25, -0.2) is 0 Å². The molecule has 3 heterocycles. The first-order chi connectivity index (χ1) is 12.6. The van der Waals surface area contributed by atoms with Crippen molar-refractivity contribution in [2.24, 2.45) is 0 Å². The van der Waals surface area contributed by atoms with Gasteiger partial charge in [0.15, 0.2) is 0 Å². The number of benzene rings is 1. The van der Waals surface area contributed by atoms with E-state index in [2.05, 4.69) is 38.8 Å². The minimum absolute atomic E-state index is 0.0155. The summed E-state index contributed by atoms with van der Waals surface area (Å²) in [5, 5.41) is 23.4. The summed E-state index contributed by atoms with van der Waals surface area (Å²) in [4.78, 5) is 12.7. The Morgan fingerprint density at radius 2 is 2.12 bits per heavy atom. The smallest absolute Gasteiger partial charge is 0.269 e. The molecule has 0 aliphatic carbocycles. The SMILES string of the molecule is CC(c1nnc(-c2ccc([N+](=O)[O-])cc2)o1)N1CCCC1c1ccsc1. The highest BCUT2D eigenvalue weighted by molar-refractivity contribution is 7.07. The molecular formula is C18H18N4O3S. The monoisotopic (exact) mass is 370 g/mol. The van der Waals surface area contributed by atoms with Crippen LogP contribution >= 0.6 is 11.3 Å². The molecule has 7 nitrogen and oxygen atoms in total. The number of nitrogens with zero attached hydrogens (tertiary/aromatic N) is 4. The molecule has 26 heavy (non-hydrogen) atoms. The third kappa shape index (κ3) is 3.13. The van der Waals surface area contributed by atoms with Crippen LogP contribution in [0.15, 0.2) is 45.5 Å². The van der Waals surface area contributed by atoms with Gasteiger partial charge in [-0.1, -0.05) is 0 Å². The first kappa shape index (κ1) is 16.9. The standard InChI is InChI=1S/C18H18N4O3S/c1-12(21-9-2-3-16(21)14-8-10-26-11-14)17-19-20-18(25-17)13-4-6-15(7-5-13)22(23)24/h4-8,10-12,16H,2-3,9H2,1H3. The van der Waals surface area contributed by atoms with E-state index in [0.717, 1.165) is 19.4 Å². The van der Waals surface area contributed by atoms with Gasteiger partial charge in [0.2, 0.25) is 11.8 Å². The molecule has 1 fully saturated rings. The summed E-state index contributed by atoms with van der Waals surface area (Å²) in [5.74, 6) is 0.952. The van der Waals surface area contributed by atoms with Crippen LogP contribution in [-0.2, 0) is 0 Å². The second-order valence-corrected chi connectivity index (χ2v) is 7.16. The van der Waals surface area contributed by atoms with Gasteiger partial charge in [0.1, 0.15) is 0 Å². The Bertz CT molecular complexity index is 892. The van der Waals surface area contributed by atoms with Crippen molar-refractivity contribution in [3.8, 4) is 11.5 Å². The number of non-ortho nitro benzene ring substituents is 1. The van der Waals surface area contributed by atoms with Crippen molar-refractivity contribution < 1.29 is 9.34 Å². The lowest BCUT2D eigenvalue weighted by Crippen LogP contribution is -2.26. The predicted octanol–water partition coefficient (Wildman–Crippen LogP) is 4.60. The number of likely N-dealkylation sites (tertiary alicyclic amines) is 1. The maximum Gasteiger partial charge on any atom is 0.269 e. The van der Waals surface area contributed by atoms with Crippen LogP contribution in [0.25, 0.3) is 11.5 Å². The molecule has 4 rings (SSSR count). The van der Waals surface area contributed by atoms with Crippen LogP contribution in [0.2, 0.25) is 0 Å². The third-order valence-electron chi connectivity index (χ3n) is 4.84. The molecule has 3 aromatic rings. The molecule has 134 valence electrons. The van der Waals surface area contributed by atoms with Crippen LogP contribution in [0.1, 0.15) is 43.3 Å². The summed E-state index contributed by atoms with van der Waals surface area (Å²) in [6, 6.07) is 8.71. The van der Waals surface area contributed by atoms with Gasteiger partial charge in [-0.05, 0) is 60.8 Å². The largest absolute Gasteiger partial charge is 0.419 e. The summed E-state index contributed by atoms with van der Waals surface area (Å²) in [6.07, 6.45) is 2.28. The molecule has 0 spiro atoms. The quantitative estimate of drug-likeness (QED) is 0.482. The topological polar surface area (TPSA) is 85.3 Å². The minimum Gasteiger partial charge on any atom is -0.419 e.